The minimum Gasteiger partial charge on any atom is -0.496 e. The maximum Gasteiger partial charge on any atom is 0.158 e. The van der Waals surface area contributed by atoms with Crippen molar-refractivity contribution in [2.24, 2.45) is 0 Å². The summed E-state index contributed by atoms with van der Waals surface area (Å²) in [5.41, 5.74) is 3.61. The molecule has 1 aliphatic heterocycles. The third-order valence-corrected chi connectivity index (χ3v) is 4.79. The number of nitrogens with zero attached hydrogens (tertiary/aromatic N) is 3. The summed E-state index contributed by atoms with van der Waals surface area (Å²) in [7, 11) is 1.67. The second-order valence-corrected chi connectivity index (χ2v) is 6.69. The zero-order chi connectivity index (χ0) is 17.9. The van der Waals surface area contributed by atoms with E-state index in [2.05, 4.69) is 25.8 Å². The highest BCUT2D eigenvalue weighted by molar-refractivity contribution is 5.98. The number of methoxy groups -OCH3 is 1. The zero-order valence-electron chi connectivity index (χ0n) is 15.1. The first-order chi connectivity index (χ1) is 12.8. The topological polar surface area (TPSA) is 72.0 Å². The molecule has 134 valence electrons. The van der Waals surface area contributed by atoms with Crippen molar-refractivity contribution in [3.63, 3.8) is 0 Å². The number of hydrogen-bond acceptors (Lipinski definition) is 6. The number of pyridine rings is 1. The minimum absolute atomic E-state index is 0.362. The van der Waals surface area contributed by atoms with Crippen LogP contribution in [0, 0.1) is 6.92 Å². The smallest absolute Gasteiger partial charge is 0.158 e. The molecule has 0 unspecified atom stereocenters. The van der Waals surface area contributed by atoms with E-state index in [-0.39, 0.29) is 0 Å². The summed E-state index contributed by atoms with van der Waals surface area (Å²) in [4.78, 5) is 4.60. The lowest BCUT2D eigenvalue weighted by molar-refractivity contribution is 0.416. The summed E-state index contributed by atoms with van der Waals surface area (Å²) in [5, 5.41) is 16.9. The predicted molar refractivity (Wildman–Crippen MR) is 104 cm³/mol. The van der Waals surface area contributed by atoms with Gasteiger partial charge in [0.2, 0.25) is 0 Å². The SMILES string of the molecule is COc1cc(C)ccc1-c1nnc(N[C@@H]2CCCNC2)c2cccnc12. The predicted octanol–water partition coefficient (Wildman–Crippen LogP) is 3.17. The van der Waals surface area contributed by atoms with E-state index >= 15 is 0 Å². The number of aryl methyl sites for hydroxylation is 1. The molecule has 1 aliphatic rings. The average molecular weight is 349 g/mol. The number of anilines is 1. The van der Waals surface area contributed by atoms with Gasteiger partial charge in [0.05, 0.1) is 7.11 Å². The van der Waals surface area contributed by atoms with E-state index < -0.39 is 0 Å². The van der Waals surface area contributed by atoms with Crippen LogP contribution in [-0.4, -0.2) is 41.4 Å². The highest BCUT2D eigenvalue weighted by atomic mass is 16.5. The van der Waals surface area contributed by atoms with Crippen molar-refractivity contribution in [3.8, 4) is 17.0 Å². The van der Waals surface area contributed by atoms with Crippen LogP contribution in [0.3, 0.4) is 0 Å². The Kier molecular flexibility index (Phi) is 4.67. The van der Waals surface area contributed by atoms with Crippen molar-refractivity contribution in [3.05, 3.63) is 42.1 Å². The van der Waals surface area contributed by atoms with E-state index in [1.165, 1.54) is 6.42 Å². The molecule has 0 spiro atoms. The lowest BCUT2D eigenvalue weighted by Crippen LogP contribution is -2.38. The molecule has 0 saturated carbocycles. The van der Waals surface area contributed by atoms with E-state index in [1.807, 2.05) is 37.3 Å². The van der Waals surface area contributed by atoms with Gasteiger partial charge < -0.3 is 15.4 Å². The van der Waals surface area contributed by atoms with Crippen LogP contribution >= 0.6 is 0 Å². The molecule has 6 heteroatoms. The second-order valence-electron chi connectivity index (χ2n) is 6.69. The van der Waals surface area contributed by atoms with Gasteiger partial charge in [-0.3, -0.25) is 4.98 Å². The number of piperidine rings is 1. The summed E-state index contributed by atoms with van der Waals surface area (Å²) >= 11 is 0. The molecular formula is C20H23N5O. The Balaban J connectivity index is 1.79. The maximum atomic E-state index is 5.56. The lowest BCUT2D eigenvalue weighted by Gasteiger charge is -2.24. The van der Waals surface area contributed by atoms with Gasteiger partial charge in [-0.2, -0.15) is 0 Å². The average Bonchev–Trinajstić information content (AvgIpc) is 2.69. The standard InChI is InChI=1S/C20H23N5O/c1-13-7-8-15(17(11-13)26-2)19-18-16(6-4-10-22-18)20(25-24-19)23-14-5-3-9-21-12-14/h4,6-8,10-11,14,21H,3,5,9,12H2,1-2H3,(H,23,25)/t14-/m1/s1. The number of rotatable bonds is 4. The number of hydrogen-bond donors (Lipinski definition) is 2. The van der Waals surface area contributed by atoms with Crippen molar-refractivity contribution in [1.82, 2.24) is 20.5 Å². The molecule has 1 atom stereocenters. The van der Waals surface area contributed by atoms with Crippen molar-refractivity contribution in [1.29, 1.82) is 0 Å². The monoisotopic (exact) mass is 349 g/mol. The third-order valence-electron chi connectivity index (χ3n) is 4.79. The van der Waals surface area contributed by atoms with Gasteiger partial charge in [-0.1, -0.05) is 6.07 Å². The van der Waals surface area contributed by atoms with Gasteiger partial charge in [-0.05, 0) is 56.1 Å². The summed E-state index contributed by atoms with van der Waals surface area (Å²) in [5.74, 6) is 1.57. The van der Waals surface area contributed by atoms with Crippen molar-refractivity contribution >= 4 is 16.7 Å². The first kappa shape index (κ1) is 16.7. The van der Waals surface area contributed by atoms with Gasteiger partial charge in [-0.25, -0.2) is 0 Å². The molecule has 3 aromatic rings. The first-order valence-corrected chi connectivity index (χ1v) is 9.00. The quantitative estimate of drug-likeness (QED) is 0.754. The molecule has 1 fully saturated rings. The van der Waals surface area contributed by atoms with Gasteiger partial charge in [-0.15, -0.1) is 10.2 Å². The van der Waals surface area contributed by atoms with E-state index in [4.69, 9.17) is 4.74 Å². The summed E-state index contributed by atoms with van der Waals surface area (Å²) < 4.78 is 5.56. The van der Waals surface area contributed by atoms with Crippen LogP contribution in [0.5, 0.6) is 5.75 Å². The summed E-state index contributed by atoms with van der Waals surface area (Å²) in [6.45, 7) is 4.06. The highest BCUT2D eigenvalue weighted by Gasteiger charge is 2.18. The number of aromatic nitrogens is 3. The van der Waals surface area contributed by atoms with Gasteiger partial charge in [0.15, 0.2) is 5.82 Å². The molecule has 0 radical (unpaired) electrons. The Bertz CT molecular complexity index is 921. The van der Waals surface area contributed by atoms with E-state index in [0.717, 1.165) is 58.8 Å². The number of ether oxygens (including phenoxy) is 1. The van der Waals surface area contributed by atoms with Crippen molar-refractivity contribution < 1.29 is 4.74 Å². The molecule has 0 amide bonds. The molecular weight excluding hydrogens is 326 g/mol. The highest BCUT2D eigenvalue weighted by Crippen LogP contribution is 2.34. The van der Waals surface area contributed by atoms with E-state index in [1.54, 1.807) is 13.3 Å². The minimum atomic E-state index is 0.362. The molecule has 3 heterocycles. The largest absolute Gasteiger partial charge is 0.496 e. The molecule has 6 nitrogen and oxygen atoms in total. The van der Waals surface area contributed by atoms with E-state index in [9.17, 15) is 0 Å². The fourth-order valence-electron chi connectivity index (χ4n) is 3.44. The molecule has 0 bridgehead atoms. The Hall–Kier alpha value is -2.73. The number of nitrogens with one attached hydrogen (secondary N) is 2. The molecule has 26 heavy (non-hydrogen) atoms. The fourth-order valence-corrected chi connectivity index (χ4v) is 3.44. The van der Waals surface area contributed by atoms with Crippen LogP contribution in [-0.2, 0) is 0 Å². The van der Waals surface area contributed by atoms with Crippen LogP contribution < -0.4 is 15.4 Å². The van der Waals surface area contributed by atoms with Crippen LogP contribution in [0.25, 0.3) is 22.2 Å². The Labute approximate surface area is 153 Å². The summed E-state index contributed by atoms with van der Waals surface area (Å²) in [6.07, 6.45) is 4.09. The lowest BCUT2D eigenvalue weighted by atomic mass is 10.0. The van der Waals surface area contributed by atoms with Crippen molar-refractivity contribution in [2.75, 3.05) is 25.5 Å². The third kappa shape index (κ3) is 3.20. The molecule has 2 N–H and O–H groups in total. The fraction of sp³-hybridized carbons (Fsp3) is 0.350. The van der Waals surface area contributed by atoms with Gasteiger partial charge in [0.25, 0.3) is 0 Å². The van der Waals surface area contributed by atoms with Crippen molar-refractivity contribution in [2.45, 2.75) is 25.8 Å². The molecule has 4 rings (SSSR count). The van der Waals surface area contributed by atoms with Crippen LogP contribution in [0.15, 0.2) is 36.5 Å². The van der Waals surface area contributed by atoms with E-state index in [0.29, 0.717) is 6.04 Å². The van der Waals surface area contributed by atoms with Gasteiger partial charge in [0, 0.05) is 29.7 Å². The van der Waals surface area contributed by atoms with Gasteiger partial charge in [0.1, 0.15) is 17.0 Å². The van der Waals surface area contributed by atoms with Crippen LogP contribution in [0.1, 0.15) is 18.4 Å². The Morgan fingerprint density at radius 3 is 2.96 bits per heavy atom. The van der Waals surface area contributed by atoms with Crippen LogP contribution in [0.2, 0.25) is 0 Å². The Morgan fingerprint density at radius 2 is 2.15 bits per heavy atom. The van der Waals surface area contributed by atoms with Gasteiger partial charge >= 0.3 is 0 Å². The first-order valence-electron chi connectivity index (χ1n) is 9.00. The molecule has 1 saturated heterocycles. The Morgan fingerprint density at radius 1 is 1.23 bits per heavy atom. The number of fused-ring (bicyclic) bond motifs is 1. The zero-order valence-corrected chi connectivity index (χ0v) is 15.1. The summed E-state index contributed by atoms with van der Waals surface area (Å²) in [6, 6.07) is 10.4. The molecule has 0 aliphatic carbocycles. The number of benzene rings is 1. The second kappa shape index (κ2) is 7.25. The van der Waals surface area contributed by atoms with Crippen LogP contribution in [0.4, 0.5) is 5.82 Å². The molecule has 2 aromatic heterocycles. The normalized spacial score (nSPS) is 17.2. The maximum absolute atomic E-state index is 5.56. The molecule has 1 aromatic carbocycles.